The maximum Gasteiger partial charge on any atom is 0.239 e. The van der Waals surface area contributed by atoms with Gasteiger partial charge in [0.1, 0.15) is 11.4 Å². The van der Waals surface area contributed by atoms with Gasteiger partial charge in [-0.15, -0.1) is 0 Å². The van der Waals surface area contributed by atoms with E-state index in [0.717, 1.165) is 15.8 Å². The van der Waals surface area contributed by atoms with E-state index in [4.69, 9.17) is 0 Å². The molecule has 1 aromatic carbocycles. The van der Waals surface area contributed by atoms with Crippen molar-refractivity contribution in [2.75, 3.05) is 11.1 Å². The van der Waals surface area contributed by atoms with Crippen LogP contribution in [-0.2, 0) is 26.9 Å². The van der Waals surface area contributed by atoms with E-state index in [2.05, 4.69) is 31.3 Å². The van der Waals surface area contributed by atoms with Gasteiger partial charge in [0.2, 0.25) is 5.91 Å². The molecule has 10 heteroatoms. The molecule has 4 aromatic rings. The van der Waals surface area contributed by atoms with Gasteiger partial charge in [0.05, 0.1) is 29.9 Å². The second-order valence-electron chi connectivity index (χ2n) is 6.84. The van der Waals surface area contributed by atoms with E-state index in [1.807, 2.05) is 41.1 Å². The van der Waals surface area contributed by atoms with Gasteiger partial charge in [-0.1, -0.05) is 34.1 Å². The van der Waals surface area contributed by atoms with Crippen molar-refractivity contribution >= 4 is 43.0 Å². The first-order chi connectivity index (χ1) is 14.4. The summed E-state index contributed by atoms with van der Waals surface area (Å²) >= 11 is 3.31. The Bertz CT molecular complexity index is 1280. The number of nitrogens with zero attached hydrogens (tertiary/aromatic N) is 4. The third-order valence-corrected chi connectivity index (χ3v) is 6.25. The van der Waals surface area contributed by atoms with Crippen LogP contribution in [0.4, 0.5) is 5.69 Å². The van der Waals surface area contributed by atoms with E-state index in [1.54, 1.807) is 29.1 Å². The fraction of sp³-hybridized carbons (Fsp3) is 0.150. The molecular formula is C20H18BrN5O3S. The monoisotopic (exact) mass is 487 g/mol. The molecule has 3 aromatic heterocycles. The van der Waals surface area contributed by atoms with Gasteiger partial charge in [0, 0.05) is 23.1 Å². The predicted octanol–water partition coefficient (Wildman–Crippen LogP) is 2.90. The highest BCUT2D eigenvalue weighted by atomic mass is 79.9. The van der Waals surface area contributed by atoms with Crippen molar-refractivity contribution in [3.05, 3.63) is 83.0 Å². The number of benzene rings is 1. The number of carbonyl (C=O) groups excluding carboxylic acids is 1. The summed E-state index contributed by atoms with van der Waals surface area (Å²) in [7, 11) is -3.60. The van der Waals surface area contributed by atoms with Crippen LogP contribution in [0.25, 0.3) is 5.65 Å². The number of hydrogen-bond acceptors (Lipinski definition) is 5. The zero-order chi connectivity index (χ0) is 21.1. The van der Waals surface area contributed by atoms with Crippen LogP contribution in [0.3, 0.4) is 0 Å². The average Bonchev–Trinajstić information content (AvgIpc) is 3.26. The Morgan fingerprint density at radius 3 is 2.80 bits per heavy atom. The van der Waals surface area contributed by atoms with Crippen molar-refractivity contribution in [2.45, 2.75) is 12.3 Å². The first kappa shape index (κ1) is 20.3. The van der Waals surface area contributed by atoms with Crippen molar-refractivity contribution in [1.29, 1.82) is 0 Å². The summed E-state index contributed by atoms with van der Waals surface area (Å²) in [5.41, 5.74) is 2.71. The largest absolute Gasteiger partial charge is 0.323 e. The number of amides is 1. The Labute approximate surface area is 181 Å². The molecule has 0 aliphatic heterocycles. The molecule has 0 saturated heterocycles. The van der Waals surface area contributed by atoms with Gasteiger partial charge in [-0.3, -0.25) is 9.48 Å². The standard InChI is InChI=1S/C20H18BrN5O3S/c21-16-5-3-4-15(8-16)13-30(28,29)14-20(27)24-17-9-22-26(11-17)12-18-10-25-7-2-1-6-19(25)23-18/h1-11H,12-14H2,(H,24,27). The number of anilines is 1. The summed E-state index contributed by atoms with van der Waals surface area (Å²) in [6.45, 7) is 0.429. The number of fused-ring (bicyclic) bond motifs is 1. The van der Waals surface area contributed by atoms with Crippen molar-refractivity contribution in [3.8, 4) is 0 Å². The van der Waals surface area contributed by atoms with Crippen LogP contribution in [0.15, 0.2) is 71.7 Å². The van der Waals surface area contributed by atoms with Gasteiger partial charge in [0.25, 0.3) is 0 Å². The van der Waals surface area contributed by atoms with Crippen molar-refractivity contribution in [2.24, 2.45) is 0 Å². The number of aromatic nitrogens is 4. The Morgan fingerprint density at radius 1 is 1.13 bits per heavy atom. The summed E-state index contributed by atoms with van der Waals surface area (Å²) in [4.78, 5) is 16.7. The normalized spacial score (nSPS) is 11.6. The molecule has 0 fully saturated rings. The van der Waals surface area contributed by atoms with Gasteiger partial charge in [-0.25, -0.2) is 13.4 Å². The van der Waals surface area contributed by atoms with Gasteiger partial charge >= 0.3 is 0 Å². The Kier molecular flexibility index (Phi) is 5.69. The lowest BCUT2D eigenvalue weighted by atomic mass is 10.2. The van der Waals surface area contributed by atoms with Gasteiger partial charge in [0.15, 0.2) is 9.84 Å². The maximum atomic E-state index is 12.3. The van der Waals surface area contributed by atoms with E-state index in [-0.39, 0.29) is 5.75 Å². The third-order valence-electron chi connectivity index (χ3n) is 4.28. The van der Waals surface area contributed by atoms with Crippen LogP contribution < -0.4 is 5.32 Å². The fourth-order valence-electron chi connectivity index (χ4n) is 3.07. The van der Waals surface area contributed by atoms with Crippen LogP contribution in [0.5, 0.6) is 0 Å². The minimum atomic E-state index is -3.60. The number of rotatable bonds is 7. The van der Waals surface area contributed by atoms with E-state index in [0.29, 0.717) is 17.8 Å². The molecule has 4 rings (SSSR count). The van der Waals surface area contributed by atoms with Gasteiger partial charge in [-0.2, -0.15) is 5.10 Å². The van der Waals surface area contributed by atoms with Crippen molar-refractivity contribution in [1.82, 2.24) is 19.2 Å². The second-order valence-corrected chi connectivity index (χ2v) is 9.82. The van der Waals surface area contributed by atoms with Crippen LogP contribution in [0, 0.1) is 0 Å². The molecule has 8 nitrogen and oxygen atoms in total. The zero-order valence-electron chi connectivity index (χ0n) is 15.8. The Morgan fingerprint density at radius 2 is 2.00 bits per heavy atom. The van der Waals surface area contributed by atoms with Gasteiger partial charge < -0.3 is 9.72 Å². The molecule has 0 saturated carbocycles. The highest BCUT2D eigenvalue weighted by Gasteiger charge is 2.18. The number of pyridine rings is 1. The molecule has 0 unspecified atom stereocenters. The van der Waals surface area contributed by atoms with E-state index in [9.17, 15) is 13.2 Å². The molecule has 0 aliphatic rings. The Hall–Kier alpha value is -2.98. The fourth-order valence-corrected chi connectivity index (χ4v) is 4.78. The number of imidazole rings is 1. The lowest BCUT2D eigenvalue weighted by molar-refractivity contribution is -0.113. The first-order valence-electron chi connectivity index (χ1n) is 9.06. The summed E-state index contributed by atoms with van der Waals surface area (Å²) in [5, 5.41) is 6.80. The highest BCUT2D eigenvalue weighted by molar-refractivity contribution is 9.10. The van der Waals surface area contributed by atoms with E-state index >= 15 is 0 Å². The minimum absolute atomic E-state index is 0.201. The topological polar surface area (TPSA) is 98.4 Å². The highest BCUT2D eigenvalue weighted by Crippen LogP contribution is 2.15. The van der Waals surface area contributed by atoms with Crippen molar-refractivity contribution in [3.63, 3.8) is 0 Å². The lowest BCUT2D eigenvalue weighted by Gasteiger charge is -2.05. The summed E-state index contributed by atoms with van der Waals surface area (Å²) in [5.74, 6) is -1.40. The lowest BCUT2D eigenvalue weighted by Crippen LogP contribution is -2.23. The summed E-state index contributed by atoms with van der Waals surface area (Å²) in [6.07, 6.45) is 6.94. The average molecular weight is 488 g/mol. The number of sulfone groups is 1. The number of halogens is 1. The van der Waals surface area contributed by atoms with Crippen LogP contribution in [0.1, 0.15) is 11.3 Å². The summed E-state index contributed by atoms with van der Waals surface area (Å²) in [6, 6.07) is 12.7. The van der Waals surface area contributed by atoms with E-state index < -0.39 is 21.5 Å². The predicted molar refractivity (Wildman–Crippen MR) is 117 cm³/mol. The van der Waals surface area contributed by atoms with Crippen molar-refractivity contribution < 1.29 is 13.2 Å². The molecule has 154 valence electrons. The molecular weight excluding hydrogens is 470 g/mol. The molecule has 30 heavy (non-hydrogen) atoms. The SMILES string of the molecule is O=C(CS(=O)(=O)Cc1cccc(Br)c1)Nc1cnn(Cc2cn3ccccc3n2)c1. The molecule has 1 N–H and O–H groups in total. The number of carbonyl (C=O) groups is 1. The first-order valence-corrected chi connectivity index (χ1v) is 11.7. The maximum absolute atomic E-state index is 12.3. The molecule has 0 spiro atoms. The van der Waals surface area contributed by atoms with Crippen LogP contribution in [-0.4, -0.2) is 39.2 Å². The molecule has 0 atom stereocenters. The molecule has 0 aliphatic carbocycles. The number of hydrogen-bond donors (Lipinski definition) is 1. The Balaban J connectivity index is 1.36. The van der Waals surface area contributed by atoms with E-state index in [1.165, 1.54) is 6.20 Å². The smallest absolute Gasteiger partial charge is 0.239 e. The quantitative estimate of drug-likeness (QED) is 0.432. The van der Waals surface area contributed by atoms with Crippen LogP contribution in [0.2, 0.25) is 0 Å². The molecule has 1 amide bonds. The number of nitrogens with one attached hydrogen (secondary N) is 1. The molecule has 3 heterocycles. The van der Waals surface area contributed by atoms with Crippen LogP contribution >= 0.6 is 15.9 Å². The third kappa shape index (κ3) is 5.14. The second kappa shape index (κ2) is 8.41. The summed E-state index contributed by atoms with van der Waals surface area (Å²) < 4.78 is 29.0. The molecule has 0 bridgehead atoms. The van der Waals surface area contributed by atoms with Gasteiger partial charge in [-0.05, 0) is 29.8 Å². The zero-order valence-corrected chi connectivity index (χ0v) is 18.2. The molecule has 0 radical (unpaired) electrons. The minimum Gasteiger partial charge on any atom is -0.323 e.